The molecule has 0 radical (unpaired) electrons. The molecule has 1 amide bonds. The zero-order valence-corrected chi connectivity index (χ0v) is 20.3. The highest BCUT2D eigenvalue weighted by atomic mass is 32.2. The third-order valence-corrected chi connectivity index (χ3v) is 6.34. The number of aromatic nitrogens is 2. The number of rotatable bonds is 7. The van der Waals surface area contributed by atoms with Gasteiger partial charge in [0.15, 0.2) is 5.82 Å². The number of fused-ring (bicyclic) bond motifs is 1. The van der Waals surface area contributed by atoms with Gasteiger partial charge in [-0.2, -0.15) is 0 Å². The zero-order valence-electron chi connectivity index (χ0n) is 19.5. The second kappa shape index (κ2) is 9.93. The van der Waals surface area contributed by atoms with Gasteiger partial charge < -0.3 is 14.8 Å². The van der Waals surface area contributed by atoms with Crippen LogP contribution in [0.25, 0.3) is 11.4 Å². The Bertz CT molecular complexity index is 1150. The number of aryl methyl sites for hydroxylation is 1. The predicted molar refractivity (Wildman–Crippen MR) is 132 cm³/mol. The molecule has 1 aliphatic rings. The van der Waals surface area contributed by atoms with Crippen molar-refractivity contribution in [2.75, 3.05) is 17.7 Å². The maximum absolute atomic E-state index is 12.6. The highest BCUT2D eigenvalue weighted by molar-refractivity contribution is 8.00. The van der Waals surface area contributed by atoms with Gasteiger partial charge in [0.05, 0.1) is 30.3 Å². The molecule has 0 fully saturated rings. The number of ether oxygens (including phenoxy) is 2. The van der Waals surface area contributed by atoms with Gasteiger partial charge in [0.1, 0.15) is 10.8 Å². The summed E-state index contributed by atoms with van der Waals surface area (Å²) in [7, 11) is 0. The minimum atomic E-state index is -0.280. The van der Waals surface area contributed by atoms with Crippen LogP contribution in [0.1, 0.15) is 37.6 Å². The second-order valence-electron chi connectivity index (χ2n) is 8.67. The summed E-state index contributed by atoms with van der Waals surface area (Å²) in [6.45, 7) is 9.19. The Hall–Kier alpha value is -2.90. The first-order valence-corrected chi connectivity index (χ1v) is 12.1. The van der Waals surface area contributed by atoms with Crippen molar-refractivity contribution in [1.82, 2.24) is 9.97 Å². The lowest BCUT2D eigenvalue weighted by molar-refractivity contribution is -0.113. The van der Waals surface area contributed by atoms with E-state index < -0.39 is 0 Å². The first kappa shape index (κ1) is 23.3. The maximum Gasteiger partial charge on any atom is 0.234 e. The van der Waals surface area contributed by atoms with Gasteiger partial charge in [0.25, 0.3) is 0 Å². The smallest absolute Gasteiger partial charge is 0.234 e. The number of nitrogens with one attached hydrogen (secondary N) is 1. The number of hydrogen-bond acceptors (Lipinski definition) is 6. The van der Waals surface area contributed by atoms with Crippen LogP contribution in [0, 0.1) is 6.92 Å². The highest BCUT2D eigenvalue weighted by Crippen LogP contribution is 2.34. The van der Waals surface area contributed by atoms with Gasteiger partial charge >= 0.3 is 0 Å². The summed E-state index contributed by atoms with van der Waals surface area (Å²) < 4.78 is 11.5. The fourth-order valence-electron chi connectivity index (χ4n) is 3.69. The molecule has 0 spiro atoms. The first-order valence-electron chi connectivity index (χ1n) is 11.1. The summed E-state index contributed by atoms with van der Waals surface area (Å²) in [5, 5.41) is 3.74. The van der Waals surface area contributed by atoms with Crippen molar-refractivity contribution in [3.63, 3.8) is 0 Å². The quantitative estimate of drug-likeness (QED) is 0.372. The average molecular weight is 464 g/mol. The topological polar surface area (TPSA) is 73.3 Å². The summed E-state index contributed by atoms with van der Waals surface area (Å²) in [5.41, 5.74) is 4.55. The molecule has 0 atom stereocenters. The Balaban J connectivity index is 1.53. The molecule has 4 rings (SSSR count). The van der Waals surface area contributed by atoms with Crippen LogP contribution in [-0.4, -0.2) is 33.8 Å². The molecule has 0 bridgehead atoms. The van der Waals surface area contributed by atoms with E-state index in [0.717, 1.165) is 38.8 Å². The van der Waals surface area contributed by atoms with Crippen molar-refractivity contribution in [3.05, 3.63) is 65.4 Å². The normalized spacial score (nSPS) is 14.4. The van der Waals surface area contributed by atoms with Gasteiger partial charge in [0.2, 0.25) is 5.91 Å². The van der Waals surface area contributed by atoms with E-state index in [1.165, 1.54) is 11.8 Å². The van der Waals surface area contributed by atoms with Crippen molar-refractivity contribution in [1.29, 1.82) is 0 Å². The van der Waals surface area contributed by atoms with E-state index in [1.54, 1.807) is 0 Å². The van der Waals surface area contributed by atoms with Crippen LogP contribution in [0.3, 0.4) is 0 Å². The Morgan fingerprint density at radius 2 is 1.97 bits per heavy atom. The van der Waals surface area contributed by atoms with Gasteiger partial charge in [-0.3, -0.25) is 4.79 Å². The van der Waals surface area contributed by atoms with E-state index in [0.29, 0.717) is 25.5 Å². The summed E-state index contributed by atoms with van der Waals surface area (Å²) >= 11 is 1.42. The SMILES string of the molecule is CCOc1ccc(NC(=O)CSc2nc(-c3cccc(C)c3)nc3c2COC(C)(C)C3)cc1. The minimum Gasteiger partial charge on any atom is -0.494 e. The van der Waals surface area contributed by atoms with E-state index in [1.807, 2.05) is 43.3 Å². The molecule has 33 heavy (non-hydrogen) atoms. The van der Waals surface area contributed by atoms with Gasteiger partial charge in [-0.15, -0.1) is 0 Å². The molecule has 0 saturated carbocycles. The molecule has 1 aromatic heterocycles. The Morgan fingerprint density at radius 1 is 1.18 bits per heavy atom. The van der Waals surface area contributed by atoms with E-state index in [9.17, 15) is 4.79 Å². The lowest BCUT2D eigenvalue weighted by Crippen LogP contribution is -2.33. The number of benzene rings is 2. The number of hydrogen-bond donors (Lipinski definition) is 1. The Labute approximate surface area is 199 Å². The fraction of sp³-hybridized carbons (Fsp3) is 0.346. The van der Waals surface area contributed by atoms with Crippen molar-refractivity contribution in [3.8, 4) is 17.1 Å². The molecule has 1 aliphatic heterocycles. The van der Waals surface area contributed by atoms with Gasteiger partial charge in [-0.05, 0) is 58.0 Å². The summed E-state index contributed by atoms with van der Waals surface area (Å²) in [6.07, 6.45) is 0.704. The van der Waals surface area contributed by atoms with Crippen LogP contribution in [-0.2, 0) is 22.6 Å². The molecule has 0 aliphatic carbocycles. The van der Waals surface area contributed by atoms with E-state index in [4.69, 9.17) is 19.4 Å². The lowest BCUT2D eigenvalue weighted by Gasteiger charge is -2.32. The molecule has 2 heterocycles. The molecule has 172 valence electrons. The van der Waals surface area contributed by atoms with Crippen LogP contribution in [0.2, 0.25) is 0 Å². The van der Waals surface area contributed by atoms with Crippen LogP contribution < -0.4 is 10.1 Å². The summed E-state index contributed by atoms with van der Waals surface area (Å²) in [6, 6.07) is 15.5. The fourth-order valence-corrected chi connectivity index (χ4v) is 4.53. The molecule has 7 heteroatoms. The lowest BCUT2D eigenvalue weighted by atomic mass is 9.96. The number of nitrogens with zero attached hydrogens (tertiary/aromatic N) is 2. The maximum atomic E-state index is 12.6. The molecule has 3 aromatic rings. The average Bonchev–Trinajstić information content (AvgIpc) is 2.78. The third kappa shape index (κ3) is 5.92. The molecule has 0 saturated heterocycles. The van der Waals surface area contributed by atoms with Gasteiger partial charge in [0, 0.05) is 23.2 Å². The largest absolute Gasteiger partial charge is 0.494 e. The predicted octanol–water partition coefficient (Wildman–Crippen LogP) is 5.43. The van der Waals surface area contributed by atoms with E-state index in [-0.39, 0.29) is 17.3 Å². The van der Waals surface area contributed by atoms with Crippen molar-refractivity contribution < 1.29 is 14.3 Å². The second-order valence-corrected chi connectivity index (χ2v) is 9.63. The third-order valence-electron chi connectivity index (χ3n) is 5.32. The van der Waals surface area contributed by atoms with Crippen LogP contribution in [0.15, 0.2) is 53.6 Å². The Morgan fingerprint density at radius 3 is 2.70 bits per heavy atom. The molecule has 6 nitrogen and oxygen atoms in total. The number of thioether (sulfide) groups is 1. The number of carbonyl (C=O) groups excluding carboxylic acids is 1. The van der Waals surface area contributed by atoms with Crippen molar-refractivity contribution in [2.45, 2.75) is 51.3 Å². The van der Waals surface area contributed by atoms with Gasteiger partial charge in [-0.25, -0.2) is 9.97 Å². The summed E-state index contributed by atoms with van der Waals surface area (Å²) in [4.78, 5) is 22.3. The minimum absolute atomic E-state index is 0.0920. The highest BCUT2D eigenvalue weighted by Gasteiger charge is 2.30. The summed E-state index contributed by atoms with van der Waals surface area (Å²) in [5.74, 6) is 1.62. The van der Waals surface area contributed by atoms with Crippen LogP contribution >= 0.6 is 11.8 Å². The molecule has 2 aromatic carbocycles. The van der Waals surface area contributed by atoms with Crippen molar-refractivity contribution in [2.24, 2.45) is 0 Å². The number of carbonyl (C=O) groups is 1. The molecule has 1 N–H and O–H groups in total. The first-order chi connectivity index (χ1) is 15.8. The molecular formula is C26H29N3O3S. The van der Waals surface area contributed by atoms with E-state index in [2.05, 4.69) is 38.2 Å². The molecular weight excluding hydrogens is 434 g/mol. The van der Waals surface area contributed by atoms with Gasteiger partial charge in [-0.1, -0.05) is 35.5 Å². The standard InChI is InChI=1S/C26H29N3O3S/c1-5-31-20-11-9-19(10-12-20)27-23(30)16-33-25-21-15-32-26(3,4)14-22(21)28-24(29-25)18-8-6-7-17(2)13-18/h6-13H,5,14-16H2,1-4H3,(H,27,30). The van der Waals surface area contributed by atoms with Crippen molar-refractivity contribution >= 4 is 23.4 Å². The van der Waals surface area contributed by atoms with E-state index >= 15 is 0 Å². The number of anilines is 1. The van der Waals surface area contributed by atoms with Crippen LogP contribution in [0.4, 0.5) is 5.69 Å². The van der Waals surface area contributed by atoms with Crippen LogP contribution in [0.5, 0.6) is 5.75 Å². The number of amides is 1. The zero-order chi connectivity index (χ0) is 23.4. The molecule has 0 unspecified atom stereocenters. The monoisotopic (exact) mass is 463 g/mol. The Kier molecular flexibility index (Phi) is 7.00.